The van der Waals surface area contributed by atoms with Crippen LogP contribution in [0.5, 0.6) is 0 Å². The van der Waals surface area contributed by atoms with E-state index in [1.165, 1.54) is 6.42 Å². The second-order valence-electron chi connectivity index (χ2n) is 6.41. The molecule has 23 heavy (non-hydrogen) atoms. The number of nitrogens with zero attached hydrogens (tertiary/aromatic N) is 2. The minimum absolute atomic E-state index is 0. The monoisotopic (exact) mass is 436 g/mol. The number of rotatable bonds is 5. The van der Waals surface area contributed by atoms with Crippen molar-refractivity contribution in [3.8, 4) is 0 Å². The van der Waals surface area contributed by atoms with Crippen molar-refractivity contribution >= 4 is 29.9 Å². The van der Waals surface area contributed by atoms with E-state index >= 15 is 0 Å². The molecule has 0 aromatic carbocycles. The zero-order valence-corrected chi connectivity index (χ0v) is 16.8. The number of likely N-dealkylation sites (tertiary alicyclic amines) is 1. The van der Waals surface area contributed by atoms with E-state index < -0.39 is 5.60 Å². The van der Waals surface area contributed by atoms with Crippen LogP contribution in [0.4, 0.5) is 0 Å². The highest BCUT2D eigenvalue weighted by atomic mass is 127. The SMILES string of the molecule is CN=C(NCC1CCN(C)C1)NCC(C)(O)c1ccc(C)o1.I. The highest BCUT2D eigenvalue weighted by Crippen LogP contribution is 2.21. The van der Waals surface area contributed by atoms with E-state index in [1.807, 2.05) is 19.1 Å². The summed E-state index contributed by atoms with van der Waals surface area (Å²) in [6.07, 6.45) is 1.21. The molecular formula is C16H29IN4O2. The van der Waals surface area contributed by atoms with Crippen LogP contribution in [0, 0.1) is 12.8 Å². The van der Waals surface area contributed by atoms with Crippen molar-refractivity contribution in [2.24, 2.45) is 10.9 Å². The molecule has 0 amide bonds. The maximum absolute atomic E-state index is 10.5. The van der Waals surface area contributed by atoms with Gasteiger partial charge < -0.3 is 25.1 Å². The fourth-order valence-corrected chi connectivity index (χ4v) is 2.72. The molecule has 1 fully saturated rings. The van der Waals surface area contributed by atoms with Crippen LogP contribution in [0.2, 0.25) is 0 Å². The van der Waals surface area contributed by atoms with Crippen LogP contribution in [-0.4, -0.2) is 56.2 Å². The number of hydrogen-bond donors (Lipinski definition) is 3. The Morgan fingerprint density at radius 3 is 2.74 bits per heavy atom. The van der Waals surface area contributed by atoms with E-state index in [9.17, 15) is 5.11 Å². The number of hydrogen-bond acceptors (Lipinski definition) is 4. The lowest BCUT2D eigenvalue weighted by Gasteiger charge is -2.23. The molecule has 1 aromatic heterocycles. The van der Waals surface area contributed by atoms with Gasteiger partial charge >= 0.3 is 0 Å². The predicted octanol–water partition coefficient (Wildman–Crippen LogP) is 1.53. The summed E-state index contributed by atoms with van der Waals surface area (Å²) in [5.74, 6) is 2.71. The number of aliphatic imine (C=N–C) groups is 1. The molecule has 6 nitrogen and oxygen atoms in total. The second-order valence-corrected chi connectivity index (χ2v) is 6.41. The lowest BCUT2D eigenvalue weighted by molar-refractivity contribution is 0.0378. The average molecular weight is 436 g/mol. The maximum atomic E-state index is 10.5. The lowest BCUT2D eigenvalue weighted by Crippen LogP contribution is -2.45. The van der Waals surface area contributed by atoms with Gasteiger partial charge in [0.05, 0.1) is 6.54 Å². The van der Waals surface area contributed by atoms with E-state index in [4.69, 9.17) is 4.42 Å². The molecule has 2 atom stereocenters. The van der Waals surface area contributed by atoms with Crippen LogP contribution < -0.4 is 10.6 Å². The first-order valence-electron chi connectivity index (χ1n) is 7.83. The van der Waals surface area contributed by atoms with Crippen LogP contribution in [-0.2, 0) is 5.60 Å². The quantitative estimate of drug-likeness (QED) is 0.371. The third-order valence-corrected chi connectivity index (χ3v) is 4.14. The summed E-state index contributed by atoms with van der Waals surface area (Å²) < 4.78 is 5.51. The van der Waals surface area contributed by atoms with Crippen molar-refractivity contribution in [2.45, 2.75) is 25.9 Å². The van der Waals surface area contributed by atoms with Gasteiger partial charge in [-0.1, -0.05) is 0 Å². The Bertz CT molecular complexity index is 516. The first kappa shape index (κ1) is 20.2. The number of halogens is 1. The molecule has 132 valence electrons. The Labute approximate surface area is 155 Å². The van der Waals surface area contributed by atoms with E-state index in [-0.39, 0.29) is 24.0 Å². The molecule has 0 saturated carbocycles. The van der Waals surface area contributed by atoms with E-state index in [2.05, 4.69) is 27.6 Å². The van der Waals surface area contributed by atoms with Crippen molar-refractivity contribution in [1.29, 1.82) is 0 Å². The molecule has 1 aliphatic heterocycles. The lowest BCUT2D eigenvalue weighted by atomic mass is 10.0. The summed E-state index contributed by atoms with van der Waals surface area (Å²) in [6.45, 7) is 7.11. The van der Waals surface area contributed by atoms with E-state index in [0.717, 1.165) is 25.4 Å². The molecular weight excluding hydrogens is 407 g/mol. The molecule has 0 aliphatic carbocycles. The van der Waals surface area contributed by atoms with Crippen molar-refractivity contribution in [3.63, 3.8) is 0 Å². The fourth-order valence-electron chi connectivity index (χ4n) is 2.72. The molecule has 0 spiro atoms. The number of aryl methyl sites for hydroxylation is 1. The molecule has 3 N–H and O–H groups in total. The summed E-state index contributed by atoms with van der Waals surface area (Å²) in [7, 11) is 3.89. The number of aliphatic hydroxyl groups is 1. The topological polar surface area (TPSA) is 73.0 Å². The highest BCUT2D eigenvalue weighted by Gasteiger charge is 2.27. The van der Waals surface area contributed by atoms with Gasteiger partial charge in [-0.15, -0.1) is 24.0 Å². The maximum Gasteiger partial charge on any atom is 0.191 e. The Morgan fingerprint density at radius 1 is 1.48 bits per heavy atom. The summed E-state index contributed by atoms with van der Waals surface area (Å²) in [5.41, 5.74) is -1.07. The highest BCUT2D eigenvalue weighted by molar-refractivity contribution is 14.0. The van der Waals surface area contributed by atoms with Gasteiger partial charge in [-0.2, -0.15) is 0 Å². The Balaban J connectivity index is 0.00000264. The summed E-state index contributed by atoms with van der Waals surface area (Å²) >= 11 is 0. The van der Waals surface area contributed by atoms with Gasteiger partial charge in [0.2, 0.25) is 0 Å². The molecule has 1 aliphatic rings. The van der Waals surface area contributed by atoms with Crippen molar-refractivity contribution in [1.82, 2.24) is 15.5 Å². The van der Waals surface area contributed by atoms with Crippen LogP contribution in [0.3, 0.4) is 0 Å². The normalized spacial score (nSPS) is 21.6. The zero-order chi connectivity index (χ0) is 16.2. The van der Waals surface area contributed by atoms with Crippen molar-refractivity contribution in [3.05, 3.63) is 23.7 Å². The molecule has 2 rings (SSSR count). The largest absolute Gasteiger partial charge is 0.463 e. The van der Waals surface area contributed by atoms with Crippen molar-refractivity contribution in [2.75, 3.05) is 40.3 Å². The summed E-state index contributed by atoms with van der Waals surface area (Å²) in [6, 6.07) is 3.66. The Hall–Kier alpha value is -0.800. The minimum atomic E-state index is -1.07. The van der Waals surface area contributed by atoms with Gasteiger partial charge in [0.15, 0.2) is 5.96 Å². The van der Waals surface area contributed by atoms with Gasteiger partial charge in [0, 0.05) is 20.1 Å². The molecule has 2 unspecified atom stereocenters. The molecule has 0 radical (unpaired) electrons. The Morgan fingerprint density at radius 2 is 2.22 bits per heavy atom. The van der Waals surface area contributed by atoms with Crippen molar-refractivity contribution < 1.29 is 9.52 Å². The number of furan rings is 1. The predicted molar refractivity (Wildman–Crippen MR) is 103 cm³/mol. The molecule has 1 aromatic rings. The molecule has 2 heterocycles. The first-order chi connectivity index (χ1) is 10.4. The average Bonchev–Trinajstić information content (AvgIpc) is 3.08. The van der Waals surface area contributed by atoms with Gasteiger partial charge in [0.1, 0.15) is 17.1 Å². The van der Waals surface area contributed by atoms with Crippen LogP contribution >= 0.6 is 24.0 Å². The third kappa shape index (κ3) is 5.96. The molecule has 0 bridgehead atoms. The van der Waals surface area contributed by atoms with Gasteiger partial charge in [0.25, 0.3) is 0 Å². The standard InChI is InChI=1S/C16H28N4O2.HI/c1-12-5-6-14(22-12)16(2,21)11-19-15(17-3)18-9-13-7-8-20(4)10-13;/h5-6,13,21H,7-11H2,1-4H3,(H2,17,18,19);1H. The van der Waals surface area contributed by atoms with Crippen LogP contribution in [0.1, 0.15) is 24.9 Å². The molecule has 1 saturated heterocycles. The minimum Gasteiger partial charge on any atom is -0.463 e. The van der Waals surface area contributed by atoms with Crippen LogP contribution in [0.25, 0.3) is 0 Å². The summed E-state index contributed by atoms with van der Waals surface area (Å²) in [4.78, 5) is 6.55. The first-order valence-corrected chi connectivity index (χ1v) is 7.83. The van der Waals surface area contributed by atoms with E-state index in [0.29, 0.717) is 24.2 Å². The fraction of sp³-hybridized carbons (Fsp3) is 0.688. The second kappa shape index (κ2) is 8.89. The Kier molecular flexibility index (Phi) is 7.82. The third-order valence-electron chi connectivity index (χ3n) is 4.14. The zero-order valence-electron chi connectivity index (χ0n) is 14.4. The number of guanidine groups is 1. The molecule has 7 heteroatoms. The number of nitrogens with one attached hydrogen (secondary N) is 2. The summed E-state index contributed by atoms with van der Waals surface area (Å²) in [5, 5.41) is 17.0. The smallest absolute Gasteiger partial charge is 0.191 e. The van der Waals surface area contributed by atoms with Gasteiger partial charge in [-0.05, 0) is 51.9 Å². The van der Waals surface area contributed by atoms with Gasteiger partial charge in [-0.25, -0.2) is 0 Å². The van der Waals surface area contributed by atoms with Gasteiger partial charge in [-0.3, -0.25) is 4.99 Å². The van der Waals surface area contributed by atoms with E-state index in [1.54, 1.807) is 14.0 Å². The van der Waals surface area contributed by atoms with Crippen LogP contribution in [0.15, 0.2) is 21.5 Å².